The van der Waals surface area contributed by atoms with E-state index < -0.39 is 4.92 Å². The molecule has 0 aliphatic carbocycles. The molecule has 0 aliphatic rings. The zero-order valence-electron chi connectivity index (χ0n) is 10.4. The molecule has 0 bridgehead atoms. The summed E-state index contributed by atoms with van der Waals surface area (Å²) in [6.45, 7) is 1.70. The van der Waals surface area contributed by atoms with E-state index in [1.165, 1.54) is 0 Å². The van der Waals surface area contributed by atoms with Gasteiger partial charge in [0.1, 0.15) is 5.69 Å². The Morgan fingerprint density at radius 3 is 2.63 bits per heavy atom. The lowest BCUT2D eigenvalue weighted by Crippen LogP contribution is -2.04. The minimum absolute atomic E-state index is 0.0593. The van der Waals surface area contributed by atoms with E-state index in [1.54, 1.807) is 19.2 Å². The van der Waals surface area contributed by atoms with Gasteiger partial charge in [0.2, 0.25) is 0 Å². The minimum atomic E-state index is -0.397. The number of nitrogens with zero attached hydrogens (tertiary/aromatic N) is 2. The lowest BCUT2D eigenvalue weighted by atomic mass is 10.0. The van der Waals surface area contributed by atoms with Crippen LogP contribution in [-0.2, 0) is 6.42 Å². The van der Waals surface area contributed by atoms with E-state index >= 15 is 0 Å². The summed E-state index contributed by atoms with van der Waals surface area (Å²) >= 11 is 6.31. The topological polar surface area (TPSA) is 56.0 Å². The van der Waals surface area contributed by atoms with Gasteiger partial charge in [-0.3, -0.25) is 15.1 Å². The fourth-order valence-electron chi connectivity index (χ4n) is 1.95. The molecule has 0 saturated carbocycles. The molecular weight excluding hydrogens is 264 g/mol. The molecule has 2 aromatic rings. The molecule has 0 radical (unpaired) electrons. The number of benzene rings is 1. The molecule has 1 aromatic carbocycles. The summed E-state index contributed by atoms with van der Waals surface area (Å²) < 4.78 is 0. The Hall–Kier alpha value is -1.94. The zero-order valence-corrected chi connectivity index (χ0v) is 11.2. The molecule has 2 rings (SSSR count). The molecule has 0 fully saturated rings. The predicted octanol–water partition coefficient (Wildman–Crippen LogP) is 3.82. The highest BCUT2D eigenvalue weighted by molar-refractivity contribution is 6.20. The van der Waals surface area contributed by atoms with Gasteiger partial charge in [-0.15, -0.1) is 11.6 Å². The number of hydrogen-bond donors (Lipinski definition) is 0. The number of pyridine rings is 1. The Bertz CT molecular complexity index is 587. The summed E-state index contributed by atoms with van der Waals surface area (Å²) in [6, 6.07) is 11.1. The summed E-state index contributed by atoms with van der Waals surface area (Å²) in [5.41, 5.74) is 2.02. The standard InChI is InChI=1S/C14H13ClN2O2/c1-10-7-8-16-13(14(10)17(18)19)9-12(15)11-5-3-2-4-6-11/h2-8,12H,9H2,1H3. The lowest BCUT2D eigenvalue weighted by molar-refractivity contribution is -0.386. The highest BCUT2D eigenvalue weighted by Crippen LogP contribution is 2.29. The maximum atomic E-state index is 11.1. The van der Waals surface area contributed by atoms with Gasteiger partial charge in [-0.25, -0.2) is 0 Å². The van der Waals surface area contributed by atoms with Gasteiger partial charge in [-0.05, 0) is 18.6 Å². The summed E-state index contributed by atoms with van der Waals surface area (Å²) in [6.07, 6.45) is 1.91. The van der Waals surface area contributed by atoms with Crippen molar-refractivity contribution in [3.05, 3.63) is 69.5 Å². The number of rotatable bonds is 4. The Morgan fingerprint density at radius 2 is 2.00 bits per heavy atom. The Morgan fingerprint density at radius 1 is 1.32 bits per heavy atom. The maximum Gasteiger partial charge on any atom is 0.293 e. The Balaban J connectivity index is 2.29. The van der Waals surface area contributed by atoms with Crippen molar-refractivity contribution in [2.45, 2.75) is 18.7 Å². The molecule has 1 aromatic heterocycles. The number of aromatic nitrogens is 1. The number of alkyl halides is 1. The van der Waals surface area contributed by atoms with Gasteiger partial charge in [0.05, 0.1) is 10.3 Å². The SMILES string of the molecule is Cc1ccnc(CC(Cl)c2ccccc2)c1[N+](=O)[O-]. The van der Waals surface area contributed by atoms with Gasteiger partial charge in [-0.2, -0.15) is 0 Å². The normalized spacial score (nSPS) is 12.1. The van der Waals surface area contributed by atoms with Crippen molar-refractivity contribution in [3.8, 4) is 0 Å². The van der Waals surface area contributed by atoms with E-state index in [0.29, 0.717) is 17.7 Å². The van der Waals surface area contributed by atoms with Gasteiger partial charge in [0.15, 0.2) is 0 Å². The second-order valence-electron chi connectivity index (χ2n) is 4.26. The molecule has 1 unspecified atom stereocenters. The van der Waals surface area contributed by atoms with Crippen LogP contribution >= 0.6 is 11.6 Å². The molecule has 19 heavy (non-hydrogen) atoms. The zero-order chi connectivity index (χ0) is 13.8. The molecule has 0 saturated heterocycles. The number of aryl methyl sites for hydroxylation is 1. The highest BCUT2D eigenvalue weighted by atomic mass is 35.5. The van der Waals surface area contributed by atoms with Crippen LogP contribution in [0.5, 0.6) is 0 Å². The second-order valence-corrected chi connectivity index (χ2v) is 4.79. The van der Waals surface area contributed by atoms with Crippen LogP contribution in [0.1, 0.15) is 22.2 Å². The average Bonchev–Trinajstić information content (AvgIpc) is 2.39. The van der Waals surface area contributed by atoms with Crippen LogP contribution in [-0.4, -0.2) is 9.91 Å². The number of halogens is 1. The molecule has 98 valence electrons. The van der Waals surface area contributed by atoms with Crippen LogP contribution in [0.4, 0.5) is 5.69 Å². The summed E-state index contributed by atoms with van der Waals surface area (Å²) in [4.78, 5) is 14.8. The fraction of sp³-hybridized carbons (Fsp3) is 0.214. The first-order valence-electron chi connectivity index (χ1n) is 5.87. The second kappa shape index (κ2) is 5.80. The summed E-state index contributed by atoms with van der Waals surface area (Å²) in [5, 5.41) is 10.8. The van der Waals surface area contributed by atoms with Crippen LogP contribution in [0.15, 0.2) is 42.6 Å². The van der Waals surface area contributed by atoms with Gasteiger partial charge in [0.25, 0.3) is 5.69 Å². The predicted molar refractivity (Wildman–Crippen MR) is 74.4 cm³/mol. The van der Waals surface area contributed by atoms with Gasteiger partial charge >= 0.3 is 0 Å². The lowest BCUT2D eigenvalue weighted by Gasteiger charge is -2.10. The third-order valence-electron chi connectivity index (χ3n) is 2.92. The van der Waals surface area contributed by atoms with Crippen molar-refractivity contribution in [1.82, 2.24) is 4.98 Å². The Labute approximate surface area is 116 Å². The molecule has 0 amide bonds. The molecule has 0 N–H and O–H groups in total. The van der Waals surface area contributed by atoms with Crippen molar-refractivity contribution in [3.63, 3.8) is 0 Å². The number of hydrogen-bond acceptors (Lipinski definition) is 3. The van der Waals surface area contributed by atoms with Crippen molar-refractivity contribution in [1.29, 1.82) is 0 Å². The van der Waals surface area contributed by atoms with E-state index in [2.05, 4.69) is 4.98 Å². The fourth-order valence-corrected chi connectivity index (χ4v) is 2.25. The molecule has 0 spiro atoms. The van der Waals surface area contributed by atoms with E-state index in [4.69, 9.17) is 11.6 Å². The van der Waals surface area contributed by atoms with E-state index in [0.717, 1.165) is 5.56 Å². The van der Waals surface area contributed by atoms with Crippen LogP contribution in [0, 0.1) is 17.0 Å². The van der Waals surface area contributed by atoms with E-state index in [1.807, 2.05) is 30.3 Å². The quantitative estimate of drug-likeness (QED) is 0.484. The van der Waals surface area contributed by atoms with Crippen LogP contribution in [0.3, 0.4) is 0 Å². The first kappa shape index (κ1) is 13.5. The van der Waals surface area contributed by atoms with Crippen LogP contribution in [0.25, 0.3) is 0 Å². The van der Waals surface area contributed by atoms with Gasteiger partial charge < -0.3 is 0 Å². The largest absolute Gasteiger partial charge is 0.293 e. The third-order valence-corrected chi connectivity index (χ3v) is 3.32. The third kappa shape index (κ3) is 3.09. The molecule has 1 atom stereocenters. The van der Waals surface area contributed by atoms with Crippen LogP contribution < -0.4 is 0 Å². The van der Waals surface area contributed by atoms with Gasteiger partial charge in [-0.1, -0.05) is 30.3 Å². The van der Waals surface area contributed by atoms with Crippen molar-refractivity contribution < 1.29 is 4.92 Å². The molecule has 1 heterocycles. The van der Waals surface area contributed by atoms with Crippen molar-refractivity contribution in [2.24, 2.45) is 0 Å². The first-order valence-corrected chi connectivity index (χ1v) is 6.31. The summed E-state index contributed by atoms with van der Waals surface area (Å²) in [7, 11) is 0. The van der Waals surface area contributed by atoms with Gasteiger partial charge in [0, 0.05) is 18.2 Å². The van der Waals surface area contributed by atoms with E-state index in [-0.39, 0.29) is 11.1 Å². The first-order chi connectivity index (χ1) is 9.09. The summed E-state index contributed by atoms with van der Waals surface area (Å²) in [5.74, 6) is 0. The van der Waals surface area contributed by atoms with Crippen LogP contribution in [0.2, 0.25) is 0 Å². The smallest absolute Gasteiger partial charge is 0.258 e. The molecule has 4 nitrogen and oxygen atoms in total. The van der Waals surface area contributed by atoms with E-state index in [9.17, 15) is 10.1 Å². The molecular formula is C14H13ClN2O2. The number of nitro groups is 1. The maximum absolute atomic E-state index is 11.1. The monoisotopic (exact) mass is 276 g/mol. The Kier molecular flexibility index (Phi) is 4.12. The highest BCUT2D eigenvalue weighted by Gasteiger charge is 2.21. The van der Waals surface area contributed by atoms with Crippen molar-refractivity contribution >= 4 is 17.3 Å². The molecule has 0 aliphatic heterocycles. The van der Waals surface area contributed by atoms with Crippen molar-refractivity contribution in [2.75, 3.05) is 0 Å². The molecule has 5 heteroatoms. The minimum Gasteiger partial charge on any atom is -0.258 e. The average molecular weight is 277 g/mol.